The third-order valence-corrected chi connectivity index (χ3v) is 5.30. The van der Waals surface area contributed by atoms with Gasteiger partial charge in [-0.2, -0.15) is 0 Å². The summed E-state index contributed by atoms with van der Waals surface area (Å²) < 4.78 is 6.01. The SMILES string of the molecule is CC1c2[nH]c3ccccc3c2CCN1Cc1cc2ccccc2o1. The molecule has 1 unspecified atom stereocenters. The third-order valence-electron chi connectivity index (χ3n) is 5.30. The van der Waals surface area contributed by atoms with Crippen LogP contribution in [0.15, 0.2) is 59.0 Å². The average Bonchev–Trinajstić information content (AvgIpc) is 3.18. The molecule has 1 atom stereocenters. The second-order valence-corrected chi connectivity index (χ2v) is 6.71. The minimum Gasteiger partial charge on any atom is -0.460 e. The minimum absolute atomic E-state index is 0.370. The number of hydrogen-bond acceptors (Lipinski definition) is 2. The fourth-order valence-corrected chi connectivity index (χ4v) is 4.01. The lowest BCUT2D eigenvalue weighted by Gasteiger charge is -2.32. The quantitative estimate of drug-likeness (QED) is 0.562. The van der Waals surface area contributed by atoms with E-state index in [2.05, 4.69) is 59.3 Å². The second-order valence-electron chi connectivity index (χ2n) is 6.71. The normalized spacial score (nSPS) is 18.3. The van der Waals surface area contributed by atoms with Crippen LogP contribution in [-0.4, -0.2) is 16.4 Å². The Balaban J connectivity index is 1.47. The number of furan rings is 1. The molecule has 1 aliphatic rings. The van der Waals surface area contributed by atoms with E-state index in [0.29, 0.717) is 6.04 Å². The predicted molar refractivity (Wildman–Crippen MR) is 97.0 cm³/mol. The maximum Gasteiger partial charge on any atom is 0.134 e. The van der Waals surface area contributed by atoms with Crippen LogP contribution in [0.25, 0.3) is 21.9 Å². The molecule has 0 amide bonds. The summed E-state index contributed by atoms with van der Waals surface area (Å²) in [4.78, 5) is 6.13. The first-order valence-corrected chi connectivity index (χ1v) is 8.60. The molecule has 3 heterocycles. The van der Waals surface area contributed by atoms with Crippen molar-refractivity contribution < 1.29 is 4.42 Å². The Kier molecular flexibility index (Phi) is 3.03. The summed E-state index contributed by atoms with van der Waals surface area (Å²) in [6.07, 6.45) is 1.09. The topological polar surface area (TPSA) is 32.2 Å². The molecule has 3 nitrogen and oxygen atoms in total. The lowest BCUT2D eigenvalue weighted by Crippen LogP contribution is -2.33. The summed E-state index contributed by atoms with van der Waals surface area (Å²) in [6, 6.07) is 19.4. The Hall–Kier alpha value is -2.52. The van der Waals surface area contributed by atoms with Gasteiger partial charge in [-0.3, -0.25) is 4.90 Å². The summed E-state index contributed by atoms with van der Waals surface area (Å²) in [5.41, 5.74) is 5.07. The van der Waals surface area contributed by atoms with Crippen molar-refractivity contribution in [1.29, 1.82) is 0 Å². The van der Waals surface area contributed by atoms with Crippen LogP contribution < -0.4 is 0 Å². The molecule has 0 saturated heterocycles. The van der Waals surface area contributed by atoms with Crippen LogP contribution >= 0.6 is 0 Å². The monoisotopic (exact) mass is 316 g/mol. The second kappa shape index (κ2) is 5.25. The van der Waals surface area contributed by atoms with Crippen LogP contribution in [-0.2, 0) is 13.0 Å². The first-order valence-electron chi connectivity index (χ1n) is 8.60. The molecule has 4 aromatic rings. The molecule has 0 radical (unpaired) electrons. The van der Waals surface area contributed by atoms with Crippen molar-refractivity contribution in [3.05, 3.63) is 71.6 Å². The van der Waals surface area contributed by atoms with Gasteiger partial charge in [0.15, 0.2) is 0 Å². The molecule has 1 N–H and O–H groups in total. The highest BCUT2D eigenvalue weighted by Crippen LogP contribution is 2.35. The zero-order valence-corrected chi connectivity index (χ0v) is 13.8. The molecule has 2 aromatic heterocycles. The van der Waals surface area contributed by atoms with E-state index in [1.165, 1.54) is 27.5 Å². The lowest BCUT2D eigenvalue weighted by atomic mass is 9.98. The van der Waals surface area contributed by atoms with Gasteiger partial charge in [0.25, 0.3) is 0 Å². The van der Waals surface area contributed by atoms with Gasteiger partial charge >= 0.3 is 0 Å². The van der Waals surface area contributed by atoms with E-state index in [1.807, 2.05) is 12.1 Å². The highest BCUT2D eigenvalue weighted by atomic mass is 16.3. The fraction of sp³-hybridized carbons (Fsp3) is 0.238. The number of para-hydroxylation sites is 2. The summed E-state index contributed by atoms with van der Waals surface area (Å²) >= 11 is 0. The molecule has 5 rings (SSSR count). The molecule has 2 aromatic carbocycles. The molecular formula is C21H20N2O. The van der Waals surface area contributed by atoms with Gasteiger partial charge in [-0.05, 0) is 37.1 Å². The summed E-state index contributed by atoms with van der Waals surface area (Å²) in [5, 5.41) is 2.56. The first kappa shape index (κ1) is 13.9. The fourth-order valence-electron chi connectivity index (χ4n) is 4.01. The highest BCUT2D eigenvalue weighted by Gasteiger charge is 2.27. The number of aromatic amines is 1. The van der Waals surface area contributed by atoms with Crippen molar-refractivity contribution in [3.63, 3.8) is 0 Å². The van der Waals surface area contributed by atoms with Gasteiger partial charge in [0.1, 0.15) is 11.3 Å². The van der Waals surface area contributed by atoms with Crippen molar-refractivity contribution in [2.75, 3.05) is 6.54 Å². The van der Waals surface area contributed by atoms with Gasteiger partial charge in [0.2, 0.25) is 0 Å². The van der Waals surface area contributed by atoms with Gasteiger partial charge in [-0.1, -0.05) is 36.4 Å². The Morgan fingerprint density at radius 3 is 2.88 bits per heavy atom. The maximum atomic E-state index is 6.01. The number of nitrogens with zero attached hydrogens (tertiary/aromatic N) is 1. The van der Waals surface area contributed by atoms with Crippen LogP contribution in [0.4, 0.5) is 0 Å². The highest BCUT2D eigenvalue weighted by molar-refractivity contribution is 5.85. The summed E-state index contributed by atoms with van der Waals surface area (Å²) in [6.45, 7) is 4.20. The van der Waals surface area contributed by atoms with Crippen LogP contribution in [0.3, 0.4) is 0 Å². The number of hydrogen-bond donors (Lipinski definition) is 1. The Bertz CT molecular complexity index is 994. The van der Waals surface area contributed by atoms with Gasteiger partial charge in [-0.25, -0.2) is 0 Å². The van der Waals surface area contributed by atoms with Crippen LogP contribution in [0.5, 0.6) is 0 Å². The van der Waals surface area contributed by atoms with Gasteiger partial charge < -0.3 is 9.40 Å². The number of benzene rings is 2. The van der Waals surface area contributed by atoms with Crippen molar-refractivity contribution in [2.24, 2.45) is 0 Å². The molecule has 120 valence electrons. The Morgan fingerprint density at radius 1 is 1.12 bits per heavy atom. The van der Waals surface area contributed by atoms with Crippen molar-refractivity contribution in [3.8, 4) is 0 Å². The standard InChI is InChI=1S/C21H20N2O/c1-14-21-18(17-7-3-4-8-19(17)22-21)10-11-23(14)13-16-12-15-6-2-5-9-20(15)24-16/h2-9,12,14,22H,10-11,13H2,1H3. The number of H-pyrrole nitrogens is 1. The molecule has 0 fully saturated rings. The van der Waals surface area contributed by atoms with E-state index in [-0.39, 0.29) is 0 Å². The van der Waals surface area contributed by atoms with Crippen molar-refractivity contribution in [2.45, 2.75) is 25.9 Å². The molecule has 0 spiro atoms. The maximum absolute atomic E-state index is 6.01. The van der Waals surface area contributed by atoms with E-state index in [1.54, 1.807) is 0 Å². The van der Waals surface area contributed by atoms with Gasteiger partial charge in [0, 0.05) is 34.6 Å². The van der Waals surface area contributed by atoms with E-state index in [0.717, 1.165) is 30.9 Å². The van der Waals surface area contributed by atoms with Crippen LogP contribution in [0.2, 0.25) is 0 Å². The molecule has 0 bridgehead atoms. The van der Waals surface area contributed by atoms with Crippen LogP contribution in [0.1, 0.15) is 30.0 Å². The zero-order chi connectivity index (χ0) is 16.1. The van der Waals surface area contributed by atoms with E-state index in [4.69, 9.17) is 4.42 Å². The van der Waals surface area contributed by atoms with E-state index in [9.17, 15) is 0 Å². The Labute approximate surface area is 140 Å². The van der Waals surface area contributed by atoms with E-state index < -0.39 is 0 Å². The summed E-state index contributed by atoms with van der Waals surface area (Å²) in [5.74, 6) is 1.04. The van der Waals surface area contributed by atoms with Crippen molar-refractivity contribution in [1.82, 2.24) is 9.88 Å². The van der Waals surface area contributed by atoms with Crippen LogP contribution in [0, 0.1) is 0 Å². The number of rotatable bonds is 2. The predicted octanol–water partition coefficient (Wildman–Crippen LogP) is 5.03. The average molecular weight is 316 g/mol. The summed E-state index contributed by atoms with van der Waals surface area (Å²) in [7, 11) is 0. The number of nitrogens with one attached hydrogen (secondary N) is 1. The lowest BCUT2D eigenvalue weighted by molar-refractivity contribution is 0.174. The third kappa shape index (κ3) is 2.09. The zero-order valence-electron chi connectivity index (χ0n) is 13.8. The molecular weight excluding hydrogens is 296 g/mol. The first-order chi connectivity index (χ1) is 11.8. The minimum atomic E-state index is 0.370. The molecule has 24 heavy (non-hydrogen) atoms. The van der Waals surface area contributed by atoms with Crippen molar-refractivity contribution >= 4 is 21.9 Å². The molecule has 0 saturated carbocycles. The van der Waals surface area contributed by atoms with E-state index >= 15 is 0 Å². The number of aromatic nitrogens is 1. The Morgan fingerprint density at radius 2 is 1.96 bits per heavy atom. The van der Waals surface area contributed by atoms with Gasteiger partial charge in [-0.15, -0.1) is 0 Å². The van der Waals surface area contributed by atoms with Gasteiger partial charge in [0.05, 0.1) is 6.54 Å². The largest absolute Gasteiger partial charge is 0.460 e. The number of fused-ring (bicyclic) bond motifs is 4. The molecule has 3 heteroatoms. The smallest absolute Gasteiger partial charge is 0.134 e. The molecule has 0 aliphatic carbocycles. The molecule has 1 aliphatic heterocycles.